The van der Waals surface area contributed by atoms with Gasteiger partial charge in [-0.25, -0.2) is 0 Å². The summed E-state index contributed by atoms with van der Waals surface area (Å²) in [6, 6.07) is 14.5. The third-order valence-electron chi connectivity index (χ3n) is 6.61. The van der Waals surface area contributed by atoms with Crippen LogP contribution in [0, 0.1) is 13.8 Å². The van der Waals surface area contributed by atoms with Crippen LogP contribution in [0.5, 0.6) is 11.5 Å². The van der Waals surface area contributed by atoms with E-state index >= 15 is 0 Å². The van der Waals surface area contributed by atoms with Gasteiger partial charge in [0, 0.05) is 35.9 Å². The lowest BCUT2D eigenvalue weighted by Crippen LogP contribution is -2.32. The van der Waals surface area contributed by atoms with Crippen molar-refractivity contribution in [3.8, 4) is 17.2 Å². The molecule has 5 rings (SSSR count). The molecule has 0 spiro atoms. The molecule has 178 valence electrons. The maximum atomic E-state index is 5.84. The molecule has 0 radical (unpaired) electrons. The molecule has 2 aliphatic heterocycles. The predicted molar refractivity (Wildman–Crippen MR) is 137 cm³/mol. The van der Waals surface area contributed by atoms with Crippen LogP contribution in [-0.4, -0.2) is 58.4 Å². The molecule has 0 aliphatic carbocycles. The second kappa shape index (κ2) is 9.27. The van der Waals surface area contributed by atoms with Crippen molar-refractivity contribution in [1.29, 1.82) is 0 Å². The molecule has 1 aromatic carbocycles. The third-order valence-corrected chi connectivity index (χ3v) is 6.96. The van der Waals surface area contributed by atoms with Crippen LogP contribution >= 0.6 is 12.2 Å². The molecule has 3 aromatic rings. The van der Waals surface area contributed by atoms with E-state index in [1.165, 1.54) is 11.3 Å². The molecule has 0 bridgehead atoms. The van der Waals surface area contributed by atoms with Gasteiger partial charge in [0.15, 0.2) is 16.6 Å². The zero-order chi connectivity index (χ0) is 23.8. The van der Waals surface area contributed by atoms with Crippen molar-refractivity contribution in [2.24, 2.45) is 0 Å². The molecule has 34 heavy (non-hydrogen) atoms. The third kappa shape index (κ3) is 4.12. The monoisotopic (exact) mass is 477 g/mol. The molecule has 2 atom stereocenters. The fourth-order valence-electron chi connectivity index (χ4n) is 5.05. The Balaban J connectivity index is 1.55. The van der Waals surface area contributed by atoms with Gasteiger partial charge in [0.05, 0.1) is 17.8 Å². The standard InChI is InChI=1S/C26H31N5O2S/c1-17-14-20(18(2)31(17)19-9-10-22-23(15-19)33-16-32-22)25-24(21-8-5-6-11-27-21)28-26(34)30(25)13-7-12-29(3)4/h5-6,8-11,14-15,24-25H,7,12-13,16H2,1-4H3,(H,28,34)/t24-,25-/m1/s1. The van der Waals surface area contributed by atoms with Gasteiger partial charge in [0.25, 0.3) is 0 Å². The molecule has 2 aromatic heterocycles. The summed E-state index contributed by atoms with van der Waals surface area (Å²) in [5.74, 6) is 1.57. The topological polar surface area (TPSA) is 54.8 Å². The van der Waals surface area contributed by atoms with Crippen LogP contribution in [0.15, 0.2) is 48.7 Å². The fourth-order valence-corrected chi connectivity index (χ4v) is 5.38. The molecule has 1 fully saturated rings. The number of hydrogen-bond acceptors (Lipinski definition) is 5. The summed E-state index contributed by atoms with van der Waals surface area (Å²) in [4.78, 5) is 9.22. The van der Waals surface area contributed by atoms with E-state index in [0.29, 0.717) is 0 Å². The SMILES string of the molecule is Cc1cc([C@@H]2[C@@H](c3ccccn3)NC(=S)N2CCCN(C)C)c(C)n1-c1ccc2c(c1)OCO2. The van der Waals surface area contributed by atoms with Crippen LogP contribution < -0.4 is 14.8 Å². The summed E-state index contributed by atoms with van der Waals surface area (Å²) in [7, 11) is 4.21. The first-order valence-electron chi connectivity index (χ1n) is 11.7. The lowest BCUT2D eigenvalue weighted by atomic mass is 9.96. The fraction of sp³-hybridized carbons (Fsp3) is 0.385. The highest BCUT2D eigenvalue weighted by atomic mass is 32.1. The van der Waals surface area contributed by atoms with E-state index in [0.717, 1.165) is 53.2 Å². The van der Waals surface area contributed by atoms with Crippen molar-refractivity contribution in [1.82, 2.24) is 24.7 Å². The van der Waals surface area contributed by atoms with E-state index in [4.69, 9.17) is 21.7 Å². The largest absolute Gasteiger partial charge is 0.454 e. The number of pyridine rings is 1. The van der Waals surface area contributed by atoms with Crippen molar-refractivity contribution in [3.63, 3.8) is 0 Å². The molecule has 8 heteroatoms. The zero-order valence-electron chi connectivity index (χ0n) is 20.1. The molecule has 0 saturated carbocycles. The van der Waals surface area contributed by atoms with Crippen molar-refractivity contribution in [3.05, 3.63) is 71.3 Å². The van der Waals surface area contributed by atoms with Gasteiger partial charge in [-0.3, -0.25) is 4.98 Å². The highest BCUT2D eigenvalue weighted by Gasteiger charge is 2.41. The van der Waals surface area contributed by atoms with E-state index in [2.05, 4.69) is 76.9 Å². The maximum absolute atomic E-state index is 5.84. The van der Waals surface area contributed by atoms with E-state index < -0.39 is 0 Å². The first-order valence-corrected chi connectivity index (χ1v) is 12.1. The Morgan fingerprint density at radius 2 is 1.94 bits per heavy atom. The van der Waals surface area contributed by atoms with Crippen molar-refractivity contribution >= 4 is 17.3 Å². The summed E-state index contributed by atoms with van der Waals surface area (Å²) in [6.07, 6.45) is 2.88. The van der Waals surface area contributed by atoms with Gasteiger partial charge < -0.3 is 29.2 Å². The number of benzene rings is 1. The first-order chi connectivity index (χ1) is 16.4. The summed E-state index contributed by atoms with van der Waals surface area (Å²) in [5.41, 5.74) is 5.66. The van der Waals surface area contributed by atoms with Gasteiger partial charge in [-0.2, -0.15) is 0 Å². The van der Waals surface area contributed by atoms with E-state index in [1.807, 2.05) is 24.4 Å². The Bertz CT molecular complexity index is 1190. The average molecular weight is 478 g/mol. The average Bonchev–Trinajstić information content (AvgIpc) is 3.49. The Morgan fingerprint density at radius 1 is 1.12 bits per heavy atom. The Morgan fingerprint density at radius 3 is 2.71 bits per heavy atom. The number of ether oxygens (including phenoxy) is 2. The molecule has 1 N–H and O–H groups in total. The number of fused-ring (bicyclic) bond motifs is 1. The molecule has 7 nitrogen and oxygen atoms in total. The number of nitrogens with one attached hydrogen (secondary N) is 1. The van der Waals surface area contributed by atoms with Crippen LogP contribution in [0.1, 0.15) is 41.1 Å². The van der Waals surface area contributed by atoms with Crippen molar-refractivity contribution in [2.75, 3.05) is 34.0 Å². The lowest BCUT2D eigenvalue weighted by molar-refractivity contribution is 0.174. The summed E-state index contributed by atoms with van der Waals surface area (Å²) in [5, 5.41) is 4.36. The number of aromatic nitrogens is 2. The molecule has 2 aliphatic rings. The molecule has 0 unspecified atom stereocenters. The lowest BCUT2D eigenvalue weighted by Gasteiger charge is -2.28. The second-order valence-corrected chi connectivity index (χ2v) is 9.56. The van der Waals surface area contributed by atoms with Gasteiger partial charge in [-0.05, 0) is 89.0 Å². The van der Waals surface area contributed by atoms with Crippen LogP contribution in [0.2, 0.25) is 0 Å². The summed E-state index contributed by atoms with van der Waals surface area (Å²) in [6.45, 7) is 6.49. The molecular weight excluding hydrogens is 446 g/mol. The quantitative estimate of drug-likeness (QED) is 0.513. The van der Waals surface area contributed by atoms with Crippen LogP contribution in [0.25, 0.3) is 5.69 Å². The summed E-state index contributed by atoms with van der Waals surface area (Å²) >= 11 is 5.84. The Hall–Kier alpha value is -3.10. The van der Waals surface area contributed by atoms with Crippen molar-refractivity contribution < 1.29 is 9.47 Å². The van der Waals surface area contributed by atoms with Gasteiger partial charge in [-0.15, -0.1) is 0 Å². The number of rotatable bonds is 7. The van der Waals surface area contributed by atoms with Crippen LogP contribution in [-0.2, 0) is 0 Å². The number of aryl methyl sites for hydroxylation is 1. The van der Waals surface area contributed by atoms with Crippen LogP contribution in [0.3, 0.4) is 0 Å². The van der Waals surface area contributed by atoms with Gasteiger partial charge >= 0.3 is 0 Å². The zero-order valence-corrected chi connectivity index (χ0v) is 20.9. The maximum Gasteiger partial charge on any atom is 0.231 e. The highest BCUT2D eigenvalue weighted by Crippen LogP contribution is 2.42. The normalized spacial score (nSPS) is 19.2. The van der Waals surface area contributed by atoms with E-state index in [1.54, 1.807) is 0 Å². The predicted octanol–water partition coefficient (Wildman–Crippen LogP) is 4.14. The molecular formula is C26H31N5O2S. The van der Waals surface area contributed by atoms with Crippen LogP contribution in [0.4, 0.5) is 0 Å². The van der Waals surface area contributed by atoms with Gasteiger partial charge in [0.2, 0.25) is 6.79 Å². The van der Waals surface area contributed by atoms with E-state index in [9.17, 15) is 0 Å². The Labute approximate surface area is 206 Å². The van der Waals surface area contributed by atoms with E-state index in [-0.39, 0.29) is 18.9 Å². The minimum atomic E-state index is -0.0150. The number of nitrogens with zero attached hydrogens (tertiary/aromatic N) is 4. The first kappa shape index (κ1) is 22.7. The minimum Gasteiger partial charge on any atom is -0.454 e. The minimum absolute atomic E-state index is 0.0150. The van der Waals surface area contributed by atoms with Gasteiger partial charge in [-0.1, -0.05) is 6.07 Å². The smallest absolute Gasteiger partial charge is 0.231 e. The number of hydrogen-bond donors (Lipinski definition) is 1. The number of thiocarbonyl (C=S) groups is 1. The second-order valence-electron chi connectivity index (χ2n) is 9.18. The van der Waals surface area contributed by atoms with Gasteiger partial charge in [0.1, 0.15) is 0 Å². The van der Waals surface area contributed by atoms with Crippen molar-refractivity contribution in [2.45, 2.75) is 32.4 Å². The molecule has 0 amide bonds. The Kier molecular flexibility index (Phi) is 6.18. The summed E-state index contributed by atoms with van der Waals surface area (Å²) < 4.78 is 13.4. The molecule has 1 saturated heterocycles. The highest BCUT2D eigenvalue weighted by molar-refractivity contribution is 7.80. The molecule has 4 heterocycles.